The third-order valence-electron chi connectivity index (χ3n) is 3.96. The molecule has 4 aromatic rings. The van der Waals surface area contributed by atoms with Gasteiger partial charge in [0.2, 0.25) is 11.7 Å². The van der Waals surface area contributed by atoms with Crippen LogP contribution in [0.1, 0.15) is 24.4 Å². The highest BCUT2D eigenvalue weighted by Crippen LogP contribution is 2.28. The second-order valence-corrected chi connectivity index (χ2v) is 5.85. The highest BCUT2D eigenvalue weighted by atomic mass is 19.1. The zero-order valence-electron chi connectivity index (χ0n) is 14.0. The van der Waals surface area contributed by atoms with E-state index in [0.29, 0.717) is 34.3 Å². The van der Waals surface area contributed by atoms with Gasteiger partial charge < -0.3 is 14.9 Å². The minimum absolute atomic E-state index is 0.0137. The molecule has 0 saturated carbocycles. The molecular formula is C17H15FN6O2. The predicted octanol–water partition coefficient (Wildman–Crippen LogP) is 3.11. The molecule has 0 bridgehead atoms. The Morgan fingerprint density at radius 2 is 2.12 bits per heavy atom. The second kappa shape index (κ2) is 6.10. The number of phenols is 1. The van der Waals surface area contributed by atoms with Crippen molar-refractivity contribution in [2.24, 2.45) is 0 Å². The molecule has 9 heteroatoms. The number of nitrogens with zero attached hydrogens (tertiary/aromatic N) is 5. The van der Waals surface area contributed by atoms with Gasteiger partial charge in [0.1, 0.15) is 17.4 Å². The molecule has 0 unspecified atom stereocenters. The number of nitrogens with one attached hydrogen (secondary N) is 1. The maximum atomic E-state index is 13.5. The Labute approximate surface area is 147 Å². The Hall–Kier alpha value is -3.49. The van der Waals surface area contributed by atoms with Crippen molar-refractivity contribution >= 4 is 11.5 Å². The molecule has 0 radical (unpaired) electrons. The SMILES string of the molecule is Cc1nc(-c2cnn3ccc(N[C@H](C)c4cc(F)ccc4O)nc23)no1. The first kappa shape index (κ1) is 16.0. The van der Waals surface area contributed by atoms with E-state index in [1.807, 2.05) is 0 Å². The summed E-state index contributed by atoms with van der Waals surface area (Å²) < 4.78 is 20.1. The molecule has 0 saturated heterocycles. The van der Waals surface area contributed by atoms with Crippen molar-refractivity contribution in [3.05, 3.63) is 53.9 Å². The number of rotatable bonds is 4. The van der Waals surface area contributed by atoms with E-state index >= 15 is 0 Å². The number of hydrogen-bond donors (Lipinski definition) is 2. The minimum atomic E-state index is -0.416. The van der Waals surface area contributed by atoms with Crippen molar-refractivity contribution in [1.82, 2.24) is 24.7 Å². The molecule has 3 heterocycles. The van der Waals surface area contributed by atoms with Crippen LogP contribution in [0, 0.1) is 12.7 Å². The number of aromatic hydroxyl groups is 1. The first-order chi connectivity index (χ1) is 12.5. The minimum Gasteiger partial charge on any atom is -0.508 e. The molecule has 0 aliphatic heterocycles. The van der Waals surface area contributed by atoms with E-state index in [1.165, 1.54) is 18.2 Å². The van der Waals surface area contributed by atoms with Gasteiger partial charge in [0.05, 0.1) is 17.8 Å². The fourth-order valence-corrected chi connectivity index (χ4v) is 2.69. The summed E-state index contributed by atoms with van der Waals surface area (Å²) in [5.41, 5.74) is 1.62. The van der Waals surface area contributed by atoms with Crippen LogP contribution in [0.25, 0.3) is 17.0 Å². The third-order valence-corrected chi connectivity index (χ3v) is 3.96. The summed E-state index contributed by atoms with van der Waals surface area (Å²) >= 11 is 0. The Morgan fingerprint density at radius 1 is 1.27 bits per heavy atom. The van der Waals surface area contributed by atoms with E-state index in [9.17, 15) is 9.50 Å². The van der Waals surface area contributed by atoms with E-state index in [0.717, 1.165) is 0 Å². The van der Waals surface area contributed by atoms with Gasteiger partial charge in [-0.15, -0.1) is 0 Å². The van der Waals surface area contributed by atoms with Crippen molar-refractivity contribution in [2.75, 3.05) is 5.32 Å². The van der Waals surface area contributed by atoms with E-state index in [-0.39, 0.29) is 11.8 Å². The molecule has 132 valence electrons. The largest absolute Gasteiger partial charge is 0.508 e. The summed E-state index contributed by atoms with van der Waals surface area (Å²) in [5, 5.41) is 21.2. The summed E-state index contributed by atoms with van der Waals surface area (Å²) in [5.74, 6) is 0.984. The highest BCUT2D eigenvalue weighted by Gasteiger charge is 2.16. The van der Waals surface area contributed by atoms with Gasteiger partial charge in [-0.1, -0.05) is 5.16 Å². The van der Waals surface area contributed by atoms with E-state index < -0.39 is 5.82 Å². The van der Waals surface area contributed by atoms with Crippen LogP contribution in [-0.2, 0) is 0 Å². The summed E-state index contributed by atoms with van der Waals surface area (Å²) in [7, 11) is 0. The number of aryl methyl sites for hydroxylation is 1. The van der Waals surface area contributed by atoms with Crippen LogP contribution >= 0.6 is 0 Å². The first-order valence-corrected chi connectivity index (χ1v) is 7.91. The van der Waals surface area contributed by atoms with Crippen molar-refractivity contribution in [3.63, 3.8) is 0 Å². The van der Waals surface area contributed by atoms with Crippen LogP contribution in [0.15, 0.2) is 41.2 Å². The predicted molar refractivity (Wildman–Crippen MR) is 91.1 cm³/mol. The van der Waals surface area contributed by atoms with Crippen molar-refractivity contribution in [1.29, 1.82) is 0 Å². The Balaban J connectivity index is 1.68. The number of phenolic OH excluding ortho intramolecular Hbond substituents is 1. The molecule has 0 aliphatic rings. The third kappa shape index (κ3) is 2.83. The molecular weight excluding hydrogens is 339 g/mol. The van der Waals surface area contributed by atoms with Crippen LogP contribution in [0.5, 0.6) is 5.75 Å². The summed E-state index contributed by atoms with van der Waals surface area (Å²) in [6.45, 7) is 3.51. The lowest BCUT2D eigenvalue weighted by molar-refractivity contribution is 0.394. The van der Waals surface area contributed by atoms with Crippen molar-refractivity contribution in [3.8, 4) is 17.1 Å². The van der Waals surface area contributed by atoms with Crippen molar-refractivity contribution in [2.45, 2.75) is 19.9 Å². The molecule has 0 fully saturated rings. The molecule has 26 heavy (non-hydrogen) atoms. The van der Waals surface area contributed by atoms with Gasteiger partial charge in [-0.2, -0.15) is 10.1 Å². The number of anilines is 1. The number of hydrogen-bond acceptors (Lipinski definition) is 7. The Morgan fingerprint density at radius 3 is 2.88 bits per heavy atom. The van der Waals surface area contributed by atoms with Crippen LogP contribution < -0.4 is 5.32 Å². The topological polar surface area (TPSA) is 101 Å². The van der Waals surface area contributed by atoms with Gasteiger partial charge in [-0.05, 0) is 31.2 Å². The lowest BCUT2D eigenvalue weighted by atomic mass is 10.1. The number of halogens is 1. The van der Waals surface area contributed by atoms with Crippen LogP contribution in [0.4, 0.5) is 10.2 Å². The smallest absolute Gasteiger partial charge is 0.223 e. The zero-order valence-corrected chi connectivity index (χ0v) is 14.0. The van der Waals surface area contributed by atoms with Crippen LogP contribution in [0.2, 0.25) is 0 Å². The molecule has 4 rings (SSSR count). The molecule has 1 aromatic carbocycles. The second-order valence-electron chi connectivity index (χ2n) is 5.85. The van der Waals surface area contributed by atoms with Gasteiger partial charge in [0.15, 0.2) is 5.65 Å². The standard InChI is InChI=1S/C17H15FN6O2/c1-9(12-7-11(18)3-4-14(12)25)20-15-5-6-24-17(22-15)13(8-19-24)16-21-10(2)26-23-16/h3-9,25H,1-2H3,(H,20,22)/t9-/m1/s1. The maximum absolute atomic E-state index is 13.5. The molecule has 3 aromatic heterocycles. The monoisotopic (exact) mass is 354 g/mol. The summed E-state index contributed by atoms with van der Waals surface area (Å²) in [6.07, 6.45) is 3.34. The fraction of sp³-hybridized carbons (Fsp3) is 0.176. The van der Waals surface area contributed by atoms with Crippen LogP contribution in [0.3, 0.4) is 0 Å². The highest BCUT2D eigenvalue weighted by molar-refractivity contribution is 5.72. The lowest BCUT2D eigenvalue weighted by Crippen LogP contribution is -2.09. The average molecular weight is 354 g/mol. The van der Waals surface area contributed by atoms with E-state index in [2.05, 4.69) is 25.5 Å². The van der Waals surface area contributed by atoms with Gasteiger partial charge in [-0.25, -0.2) is 13.9 Å². The van der Waals surface area contributed by atoms with Gasteiger partial charge in [0.25, 0.3) is 0 Å². The number of benzene rings is 1. The number of aromatic nitrogens is 5. The molecule has 0 spiro atoms. The molecule has 2 N–H and O–H groups in total. The lowest BCUT2D eigenvalue weighted by Gasteiger charge is -2.16. The quantitative estimate of drug-likeness (QED) is 0.580. The Bertz CT molecular complexity index is 1090. The maximum Gasteiger partial charge on any atom is 0.223 e. The normalized spacial score (nSPS) is 12.4. The van der Waals surface area contributed by atoms with Gasteiger partial charge >= 0.3 is 0 Å². The van der Waals surface area contributed by atoms with Crippen molar-refractivity contribution < 1.29 is 14.0 Å². The number of fused-ring (bicyclic) bond motifs is 1. The molecule has 0 aliphatic carbocycles. The average Bonchev–Trinajstić information content (AvgIpc) is 3.22. The summed E-state index contributed by atoms with van der Waals surface area (Å²) in [6, 6.07) is 5.20. The summed E-state index contributed by atoms with van der Waals surface area (Å²) in [4.78, 5) is 8.73. The molecule has 0 amide bonds. The van der Waals surface area contributed by atoms with E-state index in [4.69, 9.17) is 4.52 Å². The van der Waals surface area contributed by atoms with E-state index in [1.54, 1.807) is 36.8 Å². The molecule has 1 atom stereocenters. The zero-order chi connectivity index (χ0) is 18.3. The first-order valence-electron chi connectivity index (χ1n) is 7.91. The fourth-order valence-electron chi connectivity index (χ4n) is 2.69. The molecule has 8 nitrogen and oxygen atoms in total. The van der Waals surface area contributed by atoms with Gasteiger partial charge in [0, 0.05) is 18.7 Å². The van der Waals surface area contributed by atoms with Crippen LogP contribution in [-0.4, -0.2) is 29.8 Å². The van der Waals surface area contributed by atoms with Gasteiger partial charge in [-0.3, -0.25) is 0 Å². The Kier molecular flexibility index (Phi) is 3.76.